The molecule has 1 N–H and O–H groups in total. The minimum absolute atomic E-state index is 0.0151. The Morgan fingerprint density at radius 3 is 2.69 bits per heavy atom. The molecular weight excluding hydrogens is 440 g/mol. The lowest BCUT2D eigenvalue weighted by molar-refractivity contribution is -0.113. The number of furan rings is 1. The van der Waals surface area contributed by atoms with Crippen molar-refractivity contribution in [2.75, 3.05) is 11.1 Å². The summed E-state index contributed by atoms with van der Waals surface area (Å²) in [7, 11) is 0. The Kier molecular flexibility index (Phi) is 6.75. The van der Waals surface area contributed by atoms with E-state index in [-0.39, 0.29) is 17.4 Å². The molecule has 0 aliphatic heterocycles. The number of pyridine rings is 1. The quantitative estimate of drug-likeness (QED) is 0.374. The van der Waals surface area contributed by atoms with Gasteiger partial charge in [0.1, 0.15) is 11.5 Å². The molecule has 4 rings (SSSR count). The van der Waals surface area contributed by atoms with Crippen LogP contribution in [0.1, 0.15) is 5.76 Å². The number of alkyl halides is 2. The number of aromatic nitrogens is 4. The number of amides is 1. The average molecular weight is 457 g/mol. The Labute approximate surface area is 185 Å². The van der Waals surface area contributed by atoms with E-state index in [1.54, 1.807) is 30.8 Å². The van der Waals surface area contributed by atoms with Gasteiger partial charge in [-0.05, 0) is 48.5 Å². The summed E-state index contributed by atoms with van der Waals surface area (Å²) in [5.74, 6) is 1.12. The molecule has 0 atom stereocenters. The lowest BCUT2D eigenvalue weighted by Crippen LogP contribution is -2.15. The Morgan fingerprint density at radius 1 is 1.16 bits per heavy atom. The molecule has 0 bridgehead atoms. The van der Waals surface area contributed by atoms with Crippen molar-refractivity contribution in [3.63, 3.8) is 0 Å². The lowest BCUT2D eigenvalue weighted by atomic mass is 10.2. The third-order valence-corrected chi connectivity index (χ3v) is 5.19. The van der Waals surface area contributed by atoms with Crippen molar-refractivity contribution in [1.82, 2.24) is 19.7 Å². The molecule has 0 saturated carbocycles. The summed E-state index contributed by atoms with van der Waals surface area (Å²) in [6.45, 7) is -2.51. The van der Waals surface area contributed by atoms with Crippen LogP contribution in [0.25, 0.3) is 11.4 Å². The van der Waals surface area contributed by atoms with Gasteiger partial charge in [0.05, 0.1) is 18.6 Å². The summed E-state index contributed by atoms with van der Waals surface area (Å²) in [5, 5.41) is 11.7. The number of benzene rings is 1. The summed E-state index contributed by atoms with van der Waals surface area (Å²) in [5.41, 5.74) is 1.25. The molecule has 1 amide bonds. The zero-order chi connectivity index (χ0) is 22.3. The Bertz CT molecular complexity index is 1150. The van der Waals surface area contributed by atoms with Crippen LogP contribution in [-0.2, 0) is 11.3 Å². The molecule has 0 unspecified atom stereocenters. The SMILES string of the molecule is O=C(CSc1nnc(-c2cccnc2)n1Cc1ccco1)Nc1ccc(OC(F)F)cc1. The fourth-order valence-corrected chi connectivity index (χ4v) is 3.59. The fourth-order valence-electron chi connectivity index (χ4n) is 2.85. The van der Waals surface area contributed by atoms with Crippen LogP contribution in [0.4, 0.5) is 14.5 Å². The van der Waals surface area contributed by atoms with Gasteiger partial charge in [0, 0.05) is 23.6 Å². The van der Waals surface area contributed by atoms with E-state index in [0.29, 0.717) is 29.0 Å². The smallest absolute Gasteiger partial charge is 0.387 e. The maximum absolute atomic E-state index is 12.4. The maximum atomic E-state index is 12.4. The number of hydrogen-bond acceptors (Lipinski definition) is 7. The Balaban J connectivity index is 1.44. The number of hydrogen-bond donors (Lipinski definition) is 1. The predicted octanol–water partition coefficient (Wildman–Crippen LogP) is 4.31. The summed E-state index contributed by atoms with van der Waals surface area (Å²) >= 11 is 1.21. The highest BCUT2D eigenvalue weighted by atomic mass is 32.2. The van der Waals surface area contributed by atoms with Gasteiger partial charge in [-0.25, -0.2) is 0 Å². The highest BCUT2D eigenvalue weighted by Crippen LogP contribution is 2.25. The molecule has 8 nitrogen and oxygen atoms in total. The normalized spacial score (nSPS) is 11.0. The lowest BCUT2D eigenvalue weighted by Gasteiger charge is -2.09. The van der Waals surface area contributed by atoms with E-state index in [9.17, 15) is 13.6 Å². The van der Waals surface area contributed by atoms with Crippen LogP contribution >= 0.6 is 11.8 Å². The van der Waals surface area contributed by atoms with E-state index in [0.717, 1.165) is 5.56 Å². The van der Waals surface area contributed by atoms with Crippen molar-refractivity contribution in [3.8, 4) is 17.1 Å². The van der Waals surface area contributed by atoms with Crippen LogP contribution in [0, 0.1) is 0 Å². The molecule has 0 aliphatic rings. The second-order valence-corrected chi connectivity index (χ2v) is 7.40. The van der Waals surface area contributed by atoms with Crippen LogP contribution in [0.5, 0.6) is 5.75 Å². The first-order chi connectivity index (χ1) is 15.6. The van der Waals surface area contributed by atoms with Gasteiger partial charge in [0.15, 0.2) is 11.0 Å². The van der Waals surface area contributed by atoms with Gasteiger partial charge in [0.2, 0.25) is 5.91 Å². The van der Waals surface area contributed by atoms with Gasteiger partial charge in [-0.2, -0.15) is 8.78 Å². The van der Waals surface area contributed by atoms with E-state index in [2.05, 4.69) is 25.2 Å². The van der Waals surface area contributed by atoms with Crippen molar-refractivity contribution >= 4 is 23.4 Å². The number of thioether (sulfide) groups is 1. The van der Waals surface area contributed by atoms with Gasteiger partial charge in [-0.15, -0.1) is 10.2 Å². The van der Waals surface area contributed by atoms with Gasteiger partial charge >= 0.3 is 6.61 Å². The number of ether oxygens (including phenoxy) is 1. The summed E-state index contributed by atoms with van der Waals surface area (Å²) in [4.78, 5) is 16.5. The van der Waals surface area contributed by atoms with Crippen molar-refractivity contribution in [3.05, 3.63) is 72.9 Å². The van der Waals surface area contributed by atoms with Gasteiger partial charge < -0.3 is 14.5 Å². The zero-order valence-corrected chi connectivity index (χ0v) is 17.3. The molecule has 3 aromatic heterocycles. The van der Waals surface area contributed by atoms with E-state index >= 15 is 0 Å². The van der Waals surface area contributed by atoms with Crippen LogP contribution in [0.15, 0.2) is 76.8 Å². The fraction of sp³-hybridized carbons (Fsp3) is 0.143. The van der Waals surface area contributed by atoms with E-state index in [1.165, 1.54) is 36.0 Å². The van der Waals surface area contributed by atoms with E-state index in [4.69, 9.17) is 4.42 Å². The Morgan fingerprint density at radius 2 is 2.00 bits per heavy atom. The first-order valence-corrected chi connectivity index (χ1v) is 10.4. The van der Waals surface area contributed by atoms with Crippen molar-refractivity contribution in [2.45, 2.75) is 18.3 Å². The van der Waals surface area contributed by atoms with Crippen molar-refractivity contribution in [2.24, 2.45) is 0 Å². The Hall–Kier alpha value is -3.73. The van der Waals surface area contributed by atoms with Gasteiger partial charge in [-0.3, -0.25) is 14.3 Å². The number of halogens is 2. The van der Waals surface area contributed by atoms with Crippen molar-refractivity contribution in [1.29, 1.82) is 0 Å². The molecular formula is C21H17F2N5O3S. The van der Waals surface area contributed by atoms with Crippen LogP contribution < -0.4 is 10.1 Å². The molecule has 3 heterocycles. The molecule has 4 aromatic rings. The maximum Gasteiger partial charge on any atom is 0.387 e. The summed E-state index contributed by atoms with van der Waals surface area (Å²) in [6, 6.07) is 13.0. The predicted molar refractivity (Wildman–Crippen MR) is 113 cm³/mol. The number of anilines is 1. The molecule has 1 aromatic carbocycles. The van der Waals surface area contributed by atoms with Crippen LogP contribution in [-0.4, -0.2) is 38.0 Å². The zero-order valence-electron chi connectivity index (χ0n) is 16.5. The molecule has 0 saturated heterocycles. The number of carbonyl (C=O) groups is 1. The molecule has 0 fully saturated rings. The van der Waals surface area contributed by atoms with Gasteiger partial charge in [-0.1, -0.05) is 11.8 Å². The van der Waals surface area contributed by atoms with Crippen molar-refractivity contribution < 1.29 is 22.7 Å². The third kappa shape index (κ3) is 5.49. The number of nitrogens with one attached hydrogen (secondary N) is 1. The van der Waals surface area contributed by atoms with E-state index < -0.39 is 6.61 Å². The molecule has 0 aliphatic carbocycles. The van der Waals surface area contributed by atoms with E-state index in [1.807, 2.05) is 16.7 Å². The highest BCUT2D eigenvalue weighted by Gasteiger charge is 2.17. The second-order valence-electron chi connectivity index (χ2n) is 6.45. The molecule has 11 heteroatoms. The number of rotatable bonds is 9. The summed E-state index contributed by atoms with van der Waals surface area (Å²) in [6.07, 6.45) is 4.94. The van der Waals surface area contributed by atoms with Gasteiger partial charge in [0.25, 0.3) is 0 Å². The first kappa shape index (κ1) is 21.5. The standard InChI is InChI=1S/C21H17F2N5O3S/c22-20(23)31-16-7-5-15(6-8-16)25-18(29)13-32-21-27-26-19(14-3-1-9-24-11-14)28(21)12-17-4-2-10-30-17/h1-11,20H,12-13H2,(H,25,29). The summed E-state index contributed by atoms with van der Waals surface area (Å²) < 4.78 is 36.1. The monoisotopic (exact) mass is 457 g/mol. The topological polar surface area (TPSA) is 95.1 Å². The largest absolute Gasteiger partial charge is 0.467 e. The number of nitrogens with zero attached hydrogens (tertiary/aromatic N) is 4. The molecule has 0 spiro atoms. The van der Waals surface area contributed by atoms with Crippen LogP contribution in [0.2, 0.25) is 0 Å². The molecule has 0 radical (unpaired) electrons. The minimum atomic E-state index is -2.90. The van der Waals surface area contributed by atoms with Crippen LogP contribution in [0.3, 0.4) is 0 Å². The molecule has 164 valence electrons. The molecule has 32 heavy (non-hydrogen) atoms. The second kappa shape index (κ2) is 10.1. The average Bonchev–Trinajstić information content (AvgIpc) is 3.44. The highest BCUT2D eigenvalue weighted by molar-refractivity contribution is 7.99. The number of carbonyl (C=O) groups excluding carboxylic acids is 1. The first-order valence-electron chi connectivity index (χ1n) is 9.42. The third-order valence-electron chi connectivity index (χ3n) is 4.23. The minimum Gasteiger partial charge on any atom is -0.467 e.